The highest BCUT2D eigenvalue weighted by Crippen LogP contribution is 2.31. The average molecular weight is 388 g/mol. The van der Waals surface area contributed by atoms with Crippen molar-refractivity contribution in [3.05, 3.63) is 18.2 Å². The number of aryl methyl sites for hydroxylation is 1. The summed E-state index contributed by atoms with van der Waals surface area (Å²) in [7, 11) is 0. The van der Waals surface area contributed by atoms with E-state index < -0.39 is 0 Å². The van der Waals surface area contributed by atoms with Crippen LogP contribution in [0.5, 0.6) is 5.75 Å². The van der Waals surface area contributed by atoms with Gasteiger partial charge in [-0.15, -0.1) is 0 Å². The van der Waals surface area contributed by atoms with Gasteiger partial charge in [-0.05, 0) is 83.4 Å². The second kappa shape index (κ2) is 10.1. The number of phenols is 1. The van der Waals surface area contributed by atoms with E-state index in [1.54, 1.807) is 6.07 Å². The van der Waals surface area contributed by atoms with Gasteiger partial charge in [-0.25, -0.2) is 0 Å². The van der Waals surface area contributed by atoms with Crippen LogP contribution in [0.2, 0.25) is 0 Å². The third-order valence-corrected chi connectivity index (χ3v) is 6.03. The van der Waals surface area contributed by atoms with Gasteiger partial charge in [-0.1, -0.05) is 13.3 Å². The molecule has 2 heterocycles. The first kappa shape index (κ1) is 20.9. The molecule has 0 spiro atoms. The first-order valence-electron chi connectivity index (χ1n) is 11.1. The summed E-state index contributed by atoms with van der Waals surface area (Å²) < 4.78 is 2.13. The first-order valence-corrected chi connectivity index (χ1v) is 11.1. The molecule has 0 saturated carbocycles. The van der Waals surface area contributed by atoms with Crippen LogP contribution in [0.1, 0.15) is 52.4 Å². The van der Waals surface area contributed by atoms with Gasteiger partial charge in [0.1, 0.15) is 5.75 Å². The van der Waals surface area contributed by atoms with Gasteiger partial charge in [0, 0.05) is 24.5 Å². The zero-order valence-electron chi connectivity index (χ0n) is 17.6. The van der Waals surface area contributed by atoms with Crippen LogP contribution in [0.4, 0.5) is 5.82 Å². The van der Waals surface area contributed by atoms with E-state index in [4.69, 9.17) is 10.8 Å². The molecule has 1 saturated heterocycles. The zero-order valence-corrected chi connectivity index (χ0v) is 17.6. The van der Waals surface area contributed by atoms with Crippen molar-refractivity contribution >= 4 is 16.7 Å². The van der Waals surface area contributed by atoms with E-state index in [0.29, 0.717) is 18.3 Å². The van der Waals surface area contributed by atoms with Gasteiger partial charge in [0.15, 0.2) is 5.82 Å². The van der Waals surface area contributed by atoms with Crippen LogP contribution in [-0.4, -0.2) is 58.6 Å². The molecule has 1 atom stereocenters. The van der Waals surface area contributed by atoms with Crippen LogP contribution in [0.15, 0.2) is 18.2 Å². The number of aromatic nitrogens is 2. The Kier molecular flexibility index (Phi) is 7.57. The van der Waals surface area contributed by atoms with Crippen LogP contribution in [0, 0.1) is 0 Å². The maximum atomic E-state index is 10.1. The first-order chi connectivity index (χ1) is 13.7. The van der Waals surface area contributed by atoms with E-state index in [1.165, 1.54) is 32.4 Å². The molecule has 6 heteroatoms. The summed E-state index contributed by atoms with van der Waals surface area (Å²) in [4.78, 5) is 4.93. The number of benzene rings is 1. The Balaban J connectivity index is 1.82. The molecule has 1 aliphatic rings. The maximum absolute atomic E-state index is 10.1. The molecule has 3 rings (SSSR count). The van der Waals surface area contributed by atoms with Crippen molar-refractivity contribution in [1.82, 2.24) is 14.7 Å². The molecule has 6 nitrogen and oxygen atoms in total. The molecule has 1 aliphatic heterocycles. The summed E-state index contributed by atoms with van der Waals surface area (Å²) >= 11 is 0. The third-order valence-electron chi connectivity index (χ3n) is 6.03. The summed E-state index contributed by atoms with van der Waals surface area (Å²) in [6.45, 7) is 10.4. The van der Waals surface area contributed by atoms with Crippen molar-refractivity contribution in [3.63, 3.8) is 0 Å². The van der Waals surface area contributed by atoms with Crippen molar-refractivity contribution in [2.24, 2.45) is 5.73 Å². The lowest BCUT2D eigenvalue weighted by Crippen LogP contribution is -2.36. The number of piperidine rings is 1. The molecule has 2 aromatic rings. The zero-order chi connectivity index (χ0) is 19.9. The Hall–Kier alpha value is -1.79. The van der Waals surface area contributed by atoms with Crippen LogP contribution >= 0.6 is 0 Å². The van der Waals surface area contributed by atoms with Crippen LogP contribution < -0.4 is 10.6 Å². The van der Waals surface area contributed by atoms with E-state index in [9.17, 15) is 5.11 Å². The van der Waals surface area contributed by atoms with Crippen LogP contribution in [-0.2, 0) is 6.54 Å². The molecule has 0 radical (unpaired) electrons. The minimum Gasteiger partial charge on any atom is -0.508 e. The quantitative estimate of drug-likeness (QED) is 0.652. The van der Waals surface area contributed by atoms with Gasteiger partial charge < -0.3 is 20.6 Å². The number of fused-ring (bicyclic) bond motifs is 1. The van der Waals surface area contributed by atoms with Gasteiger partial charge in [0.05, 0.1) is 5.52 Å². The topological polar surface area (TPSA) is 70.5 Å². The molecular weight excluding hydrogens is 350 g/mol. The molecule has 0 amide bonds. The summed E-state index contributed by atoms with van der Waals surface area (Å²) in [5.74, 6) is 1.27. The normalized spacial score (nSPS) is 16.5. The number of aromatic hydroxyl groups is 1. The summed E-state index contributed by atoms with van der Waals surface area (Å²) in [6.07, 6.45) is 7.13. The fourth-order valence-electron chi connectivity index (χ4n) is 4.51. The van der Waals surface area contributed by atoms with Gasteiger partial charge in [0.25, 0.3) is 0 Å². The predicted octanol–water partition coefficient (Wildman–Crippen LogP) is 3.57. The maximum Gasteiger partial charge on any atom is 0.158 e. The molecule has 156 valence electrons. The van der Waals surface area contributed by atoms with E-state index in [0.717, 1.165) is 55.6 Å². The highest BCUT2D eigenvalue weighted by molar-refractivity contribution is 5.92. The summed E-state index contributed by atoms with van der Waals surface area (Å²) in [5.41, 5.74) is 6.96. The molecular formula is C22H37N5O. The molecule has 0 aliphatic carbocycles. The van der Waals surface area contributed by atoms with Gasteiger partial charge in [-0.2, -0.15) is 5.10 Å². The standard InChI is InChI=1S/C22H37N5O/c1-3-18(11-12-23)26(4-2)22-20-17-19(28)9-10-21(20)27(24-22)16-8-15-25-13-6-5-7-14-25/h9-10,17-18,28H,3-8,11-16,23H2,1-2H3. The van der Waals surface area contributed by atoms with Crippen LogP contribution in [0.25, 0.3) is 10.9 Å². The van der Waals surface area contributed by atoms with E-state index >= 15 is 0 Å². The van der Waals surface area contributed by atoms with E-state index in [-0.39, 0.29) is 0 Å². The van der Waals surface area contributed by atoms with Crippen molar-refractivity contribution in [2.45, 2.75) is 65.0 Å². The molecule has 1 fully saturated rings. The monoisotopic (exact) mass is 387 g/mol. The Morgan fingerprint density at radius 3 is 2.64 bits per heavy atom. The van der Waals surface area contributed by atoms with Crippen molar-refractivity contribution < 1.29 is 5.11 Å². The number of rotatable bonds is 10. The third kappa shape index (κ3) is 4.78. The lowest BCUT2D eigenvalue weighted by molar-refractivity contribution is 0.222. The molecule has 1 aromatic heterocycles. The molecule has 0 bridgehead atoms. The molecule has 28 heavy (non-hydrogen) atoms. The van der Waals surface area contributed by atoms with Crippen LogP contribution in [0.3, 0.4) is 0 Å². The highest BCUT2D eigenvalue weighted by atomic mass is 16.3. The molecule has 1 unspecified atom stereocenters. The largest absolute Gasteiger partial charge is 0.508 e. The lowest BCUT2D eigenvalue weighted by Gasteiger charge is -2.30. The minimum absolute atomic E-state index is 0.296. The smallest absolute Gasteiger partial charge is 0.158 e. The number of phenolic OH excluding ortho intramolecular Hbond substituents is 1. The van der Waals surface area contributed by atoms with E-state index in [1.807, 2.05) is 12.1 Å². The van der Waals surface area contributed by atoms with E-state index in [2.05, 4.69) is 28.3 Å². The van der Waals surface area contributed by atoms with Gasteiger partial charge in [0.2, 0.25) is 0 Å². The second-order valence-corrected chi connectivity index (χ2v) is 7.93. The SMILES string of the molecule is CCC(CCN)N(CC)c1nn(CCCN2CCCCC2)c2ccc(O)cc12. The fraction of sp³-hybridized carbons (Fsp3) is 0.682. The lowest BCUT2D eigenvalue weighted by atomic mass is 10.1. The number of nitrogens with two attached hydrogens (primary N) is 1. The number of likely N-dealkylation sites (tertiary alicyclic amines) is 1. The Morgan fingerprint density at radius 1 is 1.18 bits per heavy atom. The Labute approximate surface area is 169 Å². The van der Waals surface area contributed by atoms with Crippen molar-refractivity contribution in [1.29, 1.82) is 0 Å². The number of anilines is 1. The minimum atomic E-state index is 0.296. The van der Waals surface area contributed by atoms with Crippen molar-refractivity contribution in [3.8, 4) is 5.75 Å². The Bertz CT molecular complexity index is 738. The van der Waals surface area contributed by atoms with Gasteiger partial charge >= 0.3 is 0 Å². The molecule has 1 aromatic carbocycles. The molecule has 3 N–H and O–H groups in total. The summed E-state index contributed by atoms with van der Waals surface area (Å²) in [5, 5.41) is 16.1. The average Bonchev–Trinajstić information content (AvgIpc) is 3.06. The number of hydrogen-bond acceptors (Lipinski definition) is 5. The number of nitrogens with zero attached hydrogens (tertiary/aromatic N) is 4. The van der Waals surface area contributed by atoms with Gasteiger partial charge in [-0.3, -0.25) is 4.68 Å². The number of hydrogen-bond donors (Lipinski definition) is 2. The second-order valence-electron chi connectivity index (χ2n) is 7.93. The highest BCUT2D eigenvalue weighted by Gasteiger charge is 2.22. The predicted molar refractivity (Wildman–Crippen MR) is 117 cm³/mol. The summed E-state index contributed by atoms with van der Waals surface area (Å²) in [6, 6.07) is 6.00. The van der Waals surface area contributed by atoms with Crippen molar-refractivity contribution in [2.75, 3.05) is 37.6 Å². The fourth-order valence-corrected chi connectivity index (χ4v) is 4.51. The Morgan fingerprint density at radius 2 is 1.96 bits per heavy atom.